The summed E-state index contributed by atoms with van der Waals surface area (Å²) in [5.74, 6) is 1.95. The van der Waals surface area contributed by atoms with Crippen LogP contribution in [-0.2, 0) is 0 Å². The molecule has 0 N–H and O–H groups in total. The molecule has 0 amide bonds. The molecule has 0 heterocycles. The molecule has 0 aliphatic carbocycles. The number of ether oxygens (including phenoxy) is 2. The van der Waals surface area contributed by atoms with Crippen molar-refractivity contribution in [2.75, 3.05) is 14.2 Å². The van der Waals surface area contributed by atoms with E-state index in [0.29, 0.717) is 0 Å². The van der Waals surface area contributed by atoms with Crippen molar-refractivity contribution in [2.45, 2.75) is 72.6 Å². The van der Waals surface area contributed by atoms with Gasteiger partial charge in [0, 0.05) is 0 Å². The zero-order valence-electron chi connectivity index (χ0n) is 15.9. The molecule has 0 radical (unpaired) electrons. The van der Waals surface area contributed by atoms with Crippen LogP contribution in [0.2, 0.25) is 13.3 Å². The fourth-order valence-corrected chi connectivity index (χ4v) is 20.2. The van der Waals surface area contributed by atoms with E-state index in [9.17, 15) is 0 Å². The molecule has 0 aliphatic rings. The van der Waals surface area contributed by atoms with Crippen molar-refractivity contribution in [3.63, 3.8) is 0 Å². The van der Waals surface area contributed by atoms with Crippen LogP contribution in [0.25, 0.3) is 0 Å². The van der Waals surface area contributed by atoms with E-state index in [1.807, 2.05) is 6.07 Å². The summed E-state index contributed by atoms with van der Waals surface area (Å²) in [5, 5.41) is 0. The summed E-state index contributed by atoms with van der Waals surface area (Å²) >= 11 is -2.46. The van der Waals surface area contributed by atoms with E-state index in [4.69, 9.17) is 9.47 Å². The maximum atomic E-state index is 5.84. The van der Waals surface area contributed by atoms with Crippen LogP contribution in [0.5, 0.6) is 11.5 Å². The molecule has 0 fully saturated rings. The van der Waals surface area contributed by atoms with E-state index in [-0.39, 0.29) is 0 Å². The molecule has 0 saturated heterocycles. The monoisotopic (exact) mass is 428 g/mol. The SMILES string of the molecule is CCC[CH2][Sn]([CH2]CCC)([CH2]CCC)[c]1cccc(OC)c1OC. The first-order valence-electron chi connectivity index (χ1n) is 9.40. The van der Waals surface area contributed by atoms with Gasteiger partial charge in [-0.05, 0) is 0 Å². The third kappa shape index (κ3) is 5.58. The minimum absolute atomic E-state index is 0.913. The van der Waals surface area contributed by atoms with E-state index in [1.54, 1.807) is 17.8 Å². The Morgan fingerprint density at radius 3 is 1.70 bits per heavy atom. The van der Waals surface area contributed by atoms with Gasteiger partial charge in [0.1, 0.15) is 0 Å². The van der Waals surface area contributed by atoms with Crippen LogP contribution in [0.1, 0.15) is 59.3 Å². The standard InChI is InChI=1S/C8H9O2.3C4H9.Sn/c1-9-7-5-3-4-6-8(7)10-2;3*1-3-4-2;/h3-5H,1-2H3;3*1,3-4H2,2H3;. The summed E-state index contributed by atoms with van der Waals surface area (Å²) in [6.45, 7) is 6.96. The van der Waals surface area contributed by atoms with E-state index < -0.39 is 18.4 Å². The van der Waals surface area contributed by atoms with Crippen molar-refractivity contribution in [1.29, 1.82) is 0 Å². The minimum atomic E-state index is -2.46. The van der Waals surface area contributed by atoms with Gasteiger partial charge in [0.05, 0.1) is 0 Å². The van der Waals surface area contributed by atoms with E-state index in [0.717, 1.165) is 11.5 Å². The van der Waals surface area contributed by atoms with Gasteiger partial charge in [0.15, 0.2) is 0 Å². The van der Waals surface area contributed by atoms with Gasteiger partial charge in [-0.25, -0.2) is 0 Å². The molecule has 132 valence electrons. The van der Waals surface area contributed by atoms with Gasteiger partial charge in [-0.1, -0.05) is 0 Å². The van der Waals surface area contributed by atoms with Gasteiger partial charge in [0.2, 0.25) is 0 Å². The van der Waals surface area contributed by atoms with E-state index in [2.05, 4.69) is 32.9 Å². The fourth-order valence-electron chi connectivity index (χ4n) is 3.63. The summed E-state index contributed by atoms with van der Waals surface area (Å²) in [6, 6.07) is 6.57. The third-order valence-electron chi connectivity index (χ3n) is 5.00. The predicted octanol–water partition coefficient (Wildman–Crippen LogP) is 5.76. The van der Waals surface area contributed by atoms with Crippen molar-refractivity contribution in [3.05, 3.63) is 18.2 Å². The summed E-state index contributed by atoms with van der Waals surface area (Å²) in [4.78, 5) is 0. The van der Waals surface area contributed by atoms with Crippen molar-refractivity contribution < 1.29 is 9.47 Å². The number of unbranched alkanes of at least 4 members (excludes halogenated alkanes) is 3. The van der Waals surface area contributed by atoms with Crippen LogP contribution in [-0.4, -0.2) is 32.6 Å². The van der Waals surface area contributed by atoms with E-state index >= 15 is 0 Å². The number of para-hydroxylation sites is 1. The van der Waals surface area contributed by atoms with Crippen molar-refractivity contribution in [3.8, 4) is 11.5 Å². The zero-order valence-corrected chi connectivity index (χ0v) is 18.8. The number of benzene rings is 1. The molecular formula is C20H36O2Sn. The van der Waals surface area contributed by atoms with Crippen molar-refractivity contribution in [2.24, 2.45) is 0 Å². The Bertz CT molecular complexity index is 423. The Labute approximate surface area is 147 Å². The van der Waals surface area contributed by atoms with Gasteiger partial charge in [-0.15, -0.1) is 0 Å². The molecule has 3 heteroatoms. The van der Waals surface area contributed by atoms with Gasteiger partial charge in [-0.2, -0.15) is 0 Å². The second-order valence-electron chi connectivity index (χ2n) is 6.63. The molecule has 1 aromatic carbocycles. The van der Waals surface area contributed by atoms with Crippen LogP contribution < -0.4 is 13.1 Å². The second kappa shape index (κ2) is 11.2. The van der Waals surface area contributed by atoms with Gasteiger partial charge < -0.3 is 0 Å². The summed E-state index contributed by atoms with van der Waals surface area (Å²) < 4.78 is 17.4. The second-order valence-corrected chi connectivity index (χ2v) is 19.8. The molecule has 0 unspecified atom stereocenters. The van der Waals surface area contributed by atoms with Crippen LogP contribution in [0.3, 0.4) is 0 Å². The fraction of sp³-hybridized carbons (Fsp3) is 0.700. The van der Waals surface area contributed by atoms with Crippen LogP contribution >= 0.6 is 0 Å². The number of rotatable bonds is 12. The first kappa shape index (κ1) is 20.7. The maximum absolute atomic E-state index is 5.84. The van der Waals surface area contributed by atoms with Crippen molar-refractivity contribution in [1.82, 2.24) is 0 Å². The number of hydrogen-bond acceptors (Lipinski definition) is 2. The molecule has 1 aromatic rings. The number of methoxy groups -OCH3 is 2. The average Bonchev–Trinajstić information content (AvgIpc) is 2.60. The first-order chi connectivity index (χ1) is 11.2. The Balaban J connectivity index is 3.33. The van der Waals surface area contributed by atoms with Gasteiger partial charge in [-0.3, -0.25) is 0 Å². The molecule has 0 atom stereocenters. The first-order valence-corrected chi connectivity index (χ1v) is 16.9. The molecule has 0 aromatic heterocycles. The quantitative estimate of drug-likeness (QED) is 0.395. The molecule has 0 saturated carbocycles. The zero-order chi connectivity index (χ0) is 17.1. The topological polar surface area (TPSA) is 18.5 Å². The number of hydrogen-bond donors (Lipinski definition) is 0. The predicted molar refractivity (Wildman–Crippen MR) is 104 cm³/mol. The average molecular weight is 427 g/mol. The van der Waals surface area contributed by atoms with Gasteiger partial charge in [0.25, 0.3) is 0 Å². The van der Waals surface area contributed by atoms with Gasteiger partial charge >= 0.3 is 148 Å². The van der Waals surface area contributed by atoms with E-state index in [1.165, 1.54) is 51.8 Å². The Morgan fingerprint density at radius 2 is 1.30 bits per heavy atom. The third-order valence-corrected chi connectivity index (χ3v) is 20.6. The Hall–Kier alpha value is -0.381. The molecule has 0 aliphatic heterocycles. The molecule has 1 rings (SSSR count). The Kier molecular flexibility index (Phi) is 10.1. The van der Waals surface area contributed by atoms with Crippen LogP contribution in [0.15, 0.2) is 18.2 Å². The van der Waals surface area contributed by atoms with Crippen molar-refractivity contribution >= 4 is 22.0 Å². The Morgan fingerprint density at radius 1 is 0.783 bits per heavy atom. The molecule has 2 nitrogen and oxygen atoms in total. The molecule has 0 bridgehead atoms. The molecule has 23 heavy (non-hydrogen) atoms. The van der Waals surface area contributed by atoms with Crippen LogP contribution in [0, 0.1) is 0 Å². The summed E-state index contributed by atoms with van der Waals surface area (Å²) in [6.07, 6.45) is 7.98. The summed E-state index contributed by atoms with van der Waals surface area (Å²) in [7, 11) is 3.56. The molecule has 0 spiro atoms. The molecular weight excluding hydrogens is 391 g/mol. The van der Waals surface area contributed by atoms with Crippen LogP contribution in [0.4, 0.5) is 0 Å². The normalized spacial score (nSPS) is 11.5. The summed E-state index contributed by atoms with van der Waals surface area (Å²) in [5.41, 5.74) is 0.